The Kier molecular flexibility index (Phi) is 5.91. The van der Waals surface area contributed by atoms with E-state index >= 15 is 0 Å². The maximum Gasteiger partial charge on any atom is 0.220 e. The first-order chi connectivity index (χ1) is 11.1. The van der Waals surface area contributed by atoms with Crippen LogP contribution < -0.4 is 5.32 Å². The molecule has 3 nitrogen and oxygen atoms in total. The van der Waals surface area contributed by atoms with Gasteiger partial charge in [-0.1, -0.05) is 22.4 Å². The number of benzene rings is 1. The van der Waals surface area contributed by atoms with Crippen molar-refractivity contribution < 1.29 is 9.00 Å². The van der Waals surface area contributed by atoms with E-state index in [-0.39, 0.29) is 5.91 Å². The van der Waals surface area contributed by atoms with Crippen molar-refractivity contribution in [2.75, 3.05) is 12.3 Å². The minimum Gasteiger partial charge on any atom is -0.356 e. The van der Waals surface area contributed by atoms with Crippen LogP contribution in [0.4, 0.5) is 0 Å². The second-order valence-electron chi connectivity index (χ2n) is 6.85. The van der Waals surface area contributed by atoms with E-state index in [4.69, 9.17) is 0 Å². The molecular weight excluding hydrogens is 374 g/mol. The van der Waals surface area contributed by atoms with Crippen molar-refractivity contribution in [3.63, 3.8) is 0 Å². The Hall–Kier alpha value is -0.680. The van der Waals surface area contributed by atoms with Crippen LogP contribution in [0.1, 0.15) is 38.5 Å². The van der Waals surface area contributed by atoms with Gasteiger partial charge in [0, 0.05) is 28.1 Å². The van der Waals surface area contributed by atoms with Gasteiger partial charge in [0.2, 0.25) is 5.91 Å². The van der Waals surface area contributed by atoms with Gasteiger partial charge in [0.25, 0.3) is 0 Å². The molecule has 4 atom stereocenters. The zero-order valence-corrected chi connectivity index (χ0v) is 15.7. The Morgan fingerprint density at radius 1 is 1.22 bits per heavy atom. The van der Waals surface area contributed by atoms with E-state index in [0.717, 1.165) is 27.7 Å². The maximum atomic E-state index is 12.2. The molecule has 0 aromatic heterocycles. The van der Waals surface area contributed by atoms with Gasteiger partial charge < -0.3 is 5.32 Å². The van der Waals surface area contributed by atoms with Crippen LogP contribution in [-0.2, 0) is 15.6 Å². The molecular formula is C18H24BrNO2S. The van der Waals surface area contributed by atoms with Crippen LogP contribution in [0.5, 0.6) is 0 Å². The van der Waals surface area contributed by atoms with Crippen molar-refractivity contribution >= 4 is 32.6 Å². The predicted molar refractivity (Wildman–Crippen MR) is 96.6 cm³/mol. The van der Waals surface area contributed by atoms with Crippen LogP contribution in [0.15, 0.2) is 33.6 Å². The third-order valence-electron chi connectivity index (χ3n) is 5.26. The number of hydrogen-bond donors (Lipinski definition) is 1. The lowest BCUT2D eigenvalue weighted by Crippen LogP contribution is -2.31. The van der Waals surface area contributed by atoms with Gasteiger partial charge in [0.15, 0.2) is 0 Å². The fraction of sp³-hybridized carbons (Fsp3) is 0.611. The molecule has 0 aliphatic heterocycles. The summed E-state index contributed by atoms with van der Waals surface area (Å²) in [5, 5.41) is 3.09. The number of fused-ring (bicyclic) bond motifs is 2. The van der Waals surface area contributed by atoms with Crippen LogP contribution in [0.3, 0.4) is 0 Å². The lowest BCUT2D eigenvalue weighted by Gasteiger charge is -2.21. The van der Waals surface area contributed by atoms with E-state index in [1.807, 2.05) is 24.3 Å². The van der Waals surface area contributed by atoms with Gasteiger partial charge in [-0.2, -0.15) is 0 Å². The molecule has 3 rings (SSSR count). The Labute approximate surface area is 149 Å². The topological polar surface area (TPSA) is 46.2 Å². The Bertz CT molecular complexity index is 575. The summed E-state index contributed by atoms with van der Waals surface area (Å²) in [5.74, 6) is 3.14. The molecule has 2 bridgehead atoms. The molecule has 2 aliphatic carbocycles. The highest BCUT2D eigenvalue weighted by Gasteiger charge is 2.39. The zero-order chi connectivity index (χ0) is 16.2. The first kappa shape index (κ1) is 17.2. The number of rotatable bonds is 7. The highest BCUT2D eigenvalue weighted by Crippen LogP contribution is 2.47. The summed E-state index contributed by atoms with van der Waals surface area (Å²) in [6, 6.07) is 7.54. The SMILES string of the molecule is O=C(CCCS(=O)c1ccc(Br)cc1)NCC1CC2CCC1C2. The van der Waals surface area contributed by atoms with Crippen LogP contribution in [0.25, 0.3) is 0 Å². The predicted octanol–water partition coefficient (Wildman–Crippen LogP) is 3.89. The zero-order valence-electron chi connectivity index (χ0n) is 13.3. The Balaban J connectivity index is 1.33. The second kappa shape index (κ2) is 7.93. The van der Waals surface area contributed by atoms with Crippen LogP contribution in [0, 0.1) is 17.8 Å². The highest BCUT2D eigenvalue weighted by atomic mass is 79.9. The minimum absolute atomic E-state index is 0.112. The summed E-state index contributed by atoms with van der Waals surface area (Å²) < 4.78 is 13.1. The smallest absolute Gasteiger partial charge is 0.220 e. The molecule has 0 spiro atoms. The second-order valence-corrected chi connectivity index (χ2v) is 9.33. The van der Waals surface area contributed by atoms with Crippen LogP contribution >= 0.6 is 15.9 Å². The lowest BCUT2D eigenvalue weighted by molar-refractivity contribution is -0.121. The summed E-state index contributed by atoms with van der Waals surface area (Å²) in [6.45, 7) is 0.843. The number of nitrogens with one attached hydrogen (secondary N) is 1. The molecule has 1 aromatic carbocycles. The normalized spacial score (nSPS) is 27.1. The fourth-order valence-electron chi connectivity index (χ4n) is 4.03. The third-order valence-corrected chi connectivity index (χ3v) is 7.24. The monoisotopic (exact) mass is 397 g/mol. The fourth-order valence-corrected chi connectivity index (χ4v) is 5.37. The summed E-state index contributed by atoms with van der Waals surface area (Å²) in [6.07, 6.45) is 6.59. The molecule has 2 fully saturated rings. The first-order valence-corrected chi connectivity index (χ1v) is 10.6. The van der Waals surface area contributed by atoms with Crippen molar-refractivity contribution in [2.24, 2.45) is 17.8 Å². The Morgan fingerprint density at radius 3 is 2.65 bits per heavy atom. The molecule has 5 heteroatoms. The first-order valence-electron chi connectivity index (χ1n) is 8.52. The summed E-state index contributed by atoms with van der Waals surface area (Å²) in [7, 11) is -1.02. The van der Waals surface area contributed by atoms with E-state index in [2.05, 4.69) is 21.2 Å². The lowest BCUT2D eigenvalue weighted by atomic mass is 9.89. The number of carbonyl (C=O) groups excluding carboxylic acids is 1. The molecule has 1 N–H and O–H groups in total. The van der Waals surface area contributed by atoms with Crippen molar-refractivity contribution in [2.45, 2.75) is 43.4 Å². The standard InChI is InChI=1S/C18H24BrNO2S/c19-16-5-7-17(8-6-16)23(22)9-1-2-18(21)20-12-15-11-13-3-4-14(15)10-13/h5-8,13-15H,1-4,9-12H2,(H,20,21). The number of amides is 1. The molecule has 1 aromatic rings. The summed E-state index contributed by atoms with van der Waals surface area (Å²) in [4.78, 5) is 12.8. The van der Waals surface area contributed by atoms with Gasteiger partial charge in [-0.25, -0.2) is 0 Å². The quantitative estimate of drug-likeness (QED) is 0.758. The van der Waals surface area contributed by atoms with Crippen LogP contribution in [-0.4, -0.2) is 22.4 Å². The average Bonchev–Trinajstić information content (AvgIpc) is 3.16. The molecule has 23 heavy (non-hydrogen) atoms. The van der Waals surface area contributed by atoms with Gasteiger partial charge >= 0.3 is 0 Å². The van der Waals surface area contributed by atoms with E-state index in [9.17, 15) is 9.00 Å². The molecule has 0 saturated heterocycles. The largest absolute Gasteiger partial charge is 0.356 e. The molecule has 126 valence electrons. The van der Waals surface area contributed by atoms with E-state index in [1.54, 1.807) is 0 Å². The van der Waals surface area contributed by atoms with E-state index in [0.29, 0.717) is 24.5 Å². The van der Waals surface area contributed by atoms with Gasteiger partial charge in [0.05, 0.1) is 10.8 Å². The van der Waals surface area contributed by atoms with Crippen molar-refractivity contribution in [3.8, 4) is 0 Å². The summed E-state index contributed by atoms with van der Waals surface area (Å²) in [5.41, 5.74) is 0. The van der Waals surface area contributed by atoms with Gasteiger partial charge in [-0.3, -0.25) is 9.00 Å². The highest BCUT2D eigenvalue weighted by molar-refractivity contribution is 9.10. The van der Waals surface area contributed by atoms with E-state index in [1.165, 1.54) is 25.7 Å². The van der Waals surface area contributed by atoms with Gasteiger partial charge in [-0.05, 0) is 67.7 Å². The molecule has 0 radical (unpaired) electrons. The molecule has 2 aliphatic rings. The number of halogens is 1. The van der Waals surface area contributed by atoms with Crippen molar-refractivity contribution in [3.05, 3.63) is 28.7 Å². The van der Waals surface area contributed by atoms with Gasteiger partial charge in [0.1, 0.15) is 0 Å². The molecule has 4 unspecified atom stereocenters. The minimum atomic E-state index is -1.02. The third kappa shape index (κ3) is 4.66. The van der Waals surface area contributed by atoms with Crippen molar-refractivity contribution in [1.29, 1.82) is 0 Å². The summed E-state index contributed by atoms with van der Waals surface area (Å²) >= 11 is 3.37. The molecule has 1 amide bonds. The molecule has 0 heterocycles. The number of hydrogen-bond acceptors (Lipinski definition) is 2. The van der Waals surface area contributed by atoms with Crippen LogP contribution in [0.2, 0.25) is 0 Å². The number of carbonyl (C=O) groups is 1. The van der Waals surface area contributed by atoms with E-state index < -0.39 is 10.8 Å². The maximum absolute atomic E-state index is 12.2. The van der Waals surface area contributed by atoms with Gasteiger partial charge in [-0.15, -0.1) is 0 Å². The molecule has 2 saturated carbocycles. The average molecular weight is 398 g/mol. The Morgan fingerprint density at radius 2 is 2.00 bits per heavy atom. The van der Waals surface area contributed by atoms with Crippen molar-refractivity contribution in [1.82, 2.24) is 5.32 Å².